The van der Waals surface area contributed by atoms with Gasteiger partial charge in [0.2, 0.25) is 0 Å². The second-order valence-corrected chi connectivity index (χ2v) is 14.2. The lowest BCUT2D eigenvalue weighted by atomic mass is 9.82. The molecule has 6 nitrogen and oxygen atoms in total. The number of hydrogen-bond acceptors (Lipinski definition) is 8. The van der Waals surface area contributed by atoms with E-state index in [4.69, 9.17) is 18.9 Å². The van der Waals surface area contributed by atoms with Crippen molar-refractivity contribution in [3.63, 3.8) is 0 Å². The van der Waals surface area contributed by atoms with Gasteiger partial charge in [-0.2, -0.15) is 23.5 Å². The van der Waals surface area contributed by atoms with Crippen LogP contribution in [-0.2, 0) is 9.59 Å². The molecule has 0 atom stereocenters. The first kappa shape index (κ1) is 36.9. The molecule has 4 aromatic rings. The molecular formula is C42H44O6S2. The zero-order chi connectivity index (χ0) is 35.0. The normalized spacial score (nSPS) is 15.4. The van der Waals surface area contributed by atoms with Crippen molar-refractivity contribution in [2.24, 2.45) is 11.8 Å². The molecule has 50 heavy (non-hydrogen) atoms. The Morgan fingerprint density at radius 2 is 0.820 bits per heavy atom. The molecule has 1 aliphatic rings. The number of esters is 2. The predicted molar refractivity (Wildman–Crippen MR) is 207 cm³/mol. The van der Waals surface area contributed by atoms with Gasteiger partial charge in [0.1, 0.15) is 23.0 Å². The van der Waals surface area contributed by atoms with Gasteiger partial charge in [-0.3, -0.25) is 9.59 Å². The number of benzene rings is 4. The highest BCUT2D eigenvalue weighted by molar-refractivity contribution is 7.99. The third-order valence-corrected chi connectivity index (χ3v) is 10.2. The summed E-state index contributed by atoms with van der Waals surface area (Å²) in [5, 5.41) is 0. The van der Waals surface area contributed by atoms with Gasteiger partial charge < -0.3 is 18.9 Å². The molecule has 0 saturated heterocycles. The third-order valence-electron chi connectivity index (χ3n) is 8.38. The highest BCUT2D eigenvalue weighted by atomic mass is 32.2. The van der Waals surface area contributed by atoms with Gasteiger partial charge in [0.25, 0.3) is 0 Å². The summed E-state index contributed by atoms with van der Waals surface area (Å²) in [5.41, 5.74) is 4.16. The minimum absolute atomic E-state index is 0.242. The number of carbonyl (C=O) groups excluding carboxylic acids is 2. The molecule has 260 valence electrons. The molecule has 0 aliphatic heterocycles. The van der Waals surface area contributed by atoms with E-state index in [1.54, 1.807) is 23.5 Å². The summed E-state index contributed by atoms with van der Waals surface area (Å²) in [6.07, 6.45) is 6.14. The standard InChI is InChI=1S/C42H44O6S2/c1-3-27-49-29-25-45-37-17-9-31(10-18-37)33-13-21-39(22-14-33)47-41(43)35-5-7-36(8-6-35)42(44)48-40-23-15-34(16-24-40)32-11-19-38(20-12-32)46-26-30-50-28-4-2/h3-4,9-24,35-36H,1-2,5-8,25-30H2/t35-,36-. The summed E-state index contributed by atoms with van der Waals surface area (Å²) in [7, 11) is 0. The molecule has 0 amide bonds. The average molecular weight is 709 g/mol. The summed E-state index contributed by atoms with van der Waals surface area (Å²) in [6, 6.07) is 31.0. The maximum absolute atomic E-state index is 13.0. The molecule has 1 saturated carbocycles. The van der Waals surface area contributed by atoms with Crippen molar-refractivity contribution in [1.29, 1.82) is 0 Å². The van der Waals surface area contributed by atoms with E-state index in [-0.39, 0.29) is 23.8 Å². The smallest absolute Gasteiger partial charge is 0.314 e. The minimum atomic E-state index is -0.255. The van der Waals surface area contributed by atoms with E-state index in [1.165, 1.54) is 0 Å². The Bertz CT molecular complexity index is 1530. The average Bonchev–Trinajstić information content (AvgIpc) is 3.16. The van der Waals surface area contributed by atoms with Gasteiger partial charge in [0.05, 0.1) is 25.0 Å². The van der Waals surface area contributed by atoms with Crippen LogP contribution in [0.5, 0.6) is 23.0 Å². The molecule has 0 spiro atoms. The molecule has 0 heterocycles. The van der Waals surface area contributed by atoms with E-state index in [0.717, 1.165) is 56.8 Å². The van der Waals surface area contributed by atoms with Crippen molar-refractivity contribution >= 4 is 35.5 Å². The van der Waals surface area contributed by atoms with Crippen LogP contribution in [0.3, 0.4) is 0 Å². The van der Waals surface area contributed by atoms with Gasteiger partial charge in [0.15, 0.2) is 0 Å². The molecule has 8 heteroatoms. The molecule has 4 aromatic carbocycles. The lowest BCUT2D eigenvalue weighted by Crippen LogP contribution is -2.30. The lowest BCUT2D eigenvalue weighted by molar-refractivity contribution is -0.145. The minimum Gasteiger partial charge on any atom is -0.493 e. The Kier molecular flexibility index (Phi) is 14.5. The summed E-state index contributed by atoms with van der Waals surface area (Å²) >= 11 is 3.58. The summed E-state index contributed by atoms with van der Waals surface area (Å²) in [5.74, 6) is 5.40. The topological polar surface area (TPSA) is 71.1 Å². The van der Waals surface area contributed by atoms with Crippen LogP contribution in [0.4, 0.5) is 0 Å². The van der Waals surface area contributed by atoms with Crippen LogP contribution in [0, 0.1) is 11.8 Å². The van der Waals surface area contributed by atoms with Gasteiger partial charge >= 0.3 is 11.9 Å². The van der Waals surface area contributed by atoms with E-state index in [0.29, 0.717) is 50.4 Å². The van der Waals surface area contributed by atoms with Crippen LogP contribution >= 0.6 is 23.5 Å². The molecule has 1 aliphatic carbocycles. The maximum atomic E-state index is 13.0. The van der Waals surface area contributed by atoms with Gasteiger partial charge in [-0.1, -0.05) is 60.7 Å². The fourth-order valence-corrected chi connectivity index (χ4v) is 6.72. The first-order valence-corrected chi connectivity index (χ1v) is 19.3. The number of hydrogen-bond donors (Lipinski definition) is 0. The van der Waals surface area contributed by atoms with E-state index in [1.807, 2.05) is 109 Å². The second-order valence-electron chi connectivity index (χ2n) is 11.9. The molecule has 0 radical (unpaired) electrons. The largest absolute Gasteiger partial charge is 0.493 e. The first-order chi connectivity index (χ1) is 24.5. The Balaban J connectivity index is 1.02. The Labute approximate surface area is 304 Å². The van der Waals surface area contributed by atoms with Crippen LogP contribution in [0.1, 0.15) is 25.7 Å². The van der Waals surface area contributed by atoms with Crippen LogP contribution in [0.15, 0.2) is 122 Å². The third kappa shape index (κ3) is 11.3. The van der Waals surface area contributed by atoms with Crippen molar-refractivity contribution in [2.75, 3.05) is 36.2 Å². The monoisotopic (exact) mass is 708 g/mol. The Morgan fingerprint density at radius 1 is 0.520 bits per heavy atom. The van der Waals surface area contributed by atoms with E-state index in [2.05, 4.69) is 13.2 Å². The number of thioether (sulfide) groups is 2. The van der Waals surface area contributed by atoms with Crippen LogP contribution in [0.25, 0.3) is 22.3 Å². The van der Waals surface area contributed by atoms with Gasteiger partial charge in [-0.05, 0) is 96.5 Å². The SMILES string of the molecule is C=CCSCCOc1ccc(-c2ccc(OC(=O)[C@H]3CC[C@H](C(=O)Oc4ccc(-c5ccc(OCCSCC=C)cc5)cc4)CC3)cc2)cc1. The van der Waals surface area contributed by atoms with Crippen LogP contribution in [-0.4, -0.2) is 48.2 Å². The Hall–Kier alpha value is -4.40. The predicted octanol–water partition coefficient (Wildman–Crippen LogP) is 9.93. The van der Waals surface area contributed by atoms with Crippen molar-refractivity contribution < 1.29 is 28.5 Å². The summed E-state index contributed by atoms with van der Waals surface area (Å²) in [6.45, 7) is 8.77. The van der Waals surface area contributed by atoms with Gasteiger partial charge in [0, 0.05) is 23.0 Å². The van der Waals surface area contributed by atoms with E-state index >= 15 is 0 Å². The fourth-order valence-electron chi connectivity index (χ4n) is 5.65. The molecular weight excluding hydrogens is 665 g/mol. The lowest BCUT2D eigenvalue weighted by Gasteiger charge is -2.25. The zero-order valence-electron chi connectivity index (χ0n) is 28.3. The van der Waals surface area contributed by atoms with Crippen molar-refractivity contribution in [2.45, 2.75) is 25.7 Å². The molecule has 0 N–H and O–H groups in total. The van der Waals surface area contributed by atoms with E-state index in [9.17, 15) is 9.59 Å². The fraction of sp³-hybridized carbons (Fsp3) is 0.286. The summed E-state index contributed by atoms with van der Waals surface area (Å²) < 4.78 is 23.0. The maximum Gasteiger partial charge on any atom is 0.314 e. The summed E-state index contributed by atoms with van der Waals surface area (Å²) in [4.78, 5) is 25.9. The highest BCUT2D eigenvalue weighted by Gasteiger charge is 2.32. The highest BCUT2D eigenvalue weighted by Crippen LogP contribution is 2.33. The van der Waals surface area contributed by atoms with Crippen LogP contribution in [0.2, 0.25) is 0 Å². The van der Waals surface area contributed by atoms with Crippen molar-refractivity contribution in [3.8, 4) is 45.3 Å². The number of carbonyl (C=O) groups is 2. The molecule has 5 rings (SSSR count). The molecule has 0 unspecified atom stereocenters. The Morgan fingerprint density at radius 3 is 1.12 bits per heavy atom. The molecule has 0 bridgehead atoms. The molecule has 1 fully saturated rings. The van der Waals surface area contributed by atoms with Gasteiger partial charge in [-0.25, -0.2) is 0 Å². The van der Waals surface area contributed by atoms with Gasteiger partial charge in [-0.15, -0.1) is 13.2 Å². The quantitative estimate of drug-likeness (QED) is 0.0438. The van der Waals surface area contributed by atoms with Crippen molar-refractivity contribution in [1.82, 2.24) is 0 Å². The zero-order valence-corrected chi connectivity index (χ0v) is 29.9. The number of ether oxygens (including phenoxy) is 4. The first-order valence-electron chi connectivity index (χ1n) is 17.0. The van der Waals surface area contributed by atoms with Crippen LogP contribution < -0.4 is 18.9 Å². The molecule has 0 aromatic heterocycles. The van der Waals surface area contributed by atoms with E-state index < -0.39 is 0 Å². The van der Waals surface area contributed by atoms with Crippen molar-refractivity contribution in [3.05, 3.63) is 122 Å². The second kappa shape index (κ2) is 19.7. The number of rotatable bonds is 18.